The van der Waals surface area contributed by atoms with E-state index in [0.717, 1.165) is 24.2 Å². The number of nitrogens with two attached hydrogens (primary N) is 1. The van der Waals surface area contributed by atoms with Gasteiger partial charge in [0, 0.05) is 5.69 Å². The Kier molecular flexibility index (Phi) is 2.95. The van der Waals surface area contributed by atoms with E-state index >= 15 is 0 Å². The number of hydrogen-bond acceptors (Lipinski definition) is 4. The van der Waals surface area contributed by atoms with Gasteiger partial charge in [-0.1, -0.05) is 0 Å². The van der Waals surface area contributed by atoms with Crippen molar-refractivity contribution in [1.29, 1.82) is 0 Å². The summed E-state index contributed by atoms with van der Waals surface area (Å²) < 4.78 is 6.77. The molecule has 1 heterocycles. The molecule has 0 spiro atoms. The molecule has 0 bridgehead atoms. The molecular weight excluding hydrogens is 218 g/mol. The number of esters is 1. The van der Waals surface area contributed by atoms with Gasteiger partial charge in [-0.25, -0.2) is 9.78 Å². The smallest absolute Gasteiger partial charge is 0.327 e. The molecule has 1 atom stereocenters. The Labute approximate surface area is 101 Å². The summed E-state index contributed by atoms with van der Waals surface area (Å²) in [6.07, 6.45) is 3.73. The highest BCUT2D eigenvalue weighted by atomic mass is 16.5. The standard InChI is InChI=1S/C12H19N3O2/c1-8-9(2)15(7-14-8)6-12(13,10-4-5-10)11(16)17-3/h7,10H,4-6,13H2,1-3H3. The molecule has 2 rings (SSSR count). The molecule has 2 N–H and O–H groups in total. The van der Waals surface area contributed by atoms with Crippen molar-refractivity contribution in [2.75, 3.05) is 7.11 Å². The van der Waals surface area contributed by atoms with Gasteiger partial charge in [0.25, 0.3) is 0 Å². The zero-order valence-corrected chi connectivity index (χ0v) is 10.6. The lowest BCUT2D eigenvalue weighted by molar-refractivity contribution is -0.148. The van der Waals surface area contributed by atoms with Crippen LogP contribution in [0, 0.1) is 19.8 Å². The molecule has 0 radical (unpaired) electrons. The Bertz CT molecular complexity index is 437. The number of aryl methyl sites for hydroxylation is 1. The third kappa shape index (κ3) is 2.07. The van der Waals surface area contributed by atoms with E-state index in [1.807, 2.05) is 18.4 Å². The van der Waals surface area contributed by atoms with E-state index in [1.54, 1.807) is 6.33 Å². The molecule has 1 fully saturated rings. The highest BCUT2D eigenvalue weighted by Gasteiger charge is 2.49. The van der Waals surface area contributed by atoms with Crippen molar-refractivity contribution in [2.45, 2.75) is 38.8 Å². The first kappa shape index (κ1) is 12.1. The maximum absolute atomic E-state index is 11.9. The van der Waals surface area contributed by atoms with Gasteiger partial charge in [0.15, 0.2) is 0 Å². The fourth-order valence-electron chi connectivity index (χ4n) is 2.13. The predicted molar refractivity (Wildman–Crippen MR) is 63.4 cm³/mol. The van der Waals surface area contributed by atoms with Gasteiger partial charge in [-0.05, 0) is 32.6 Å². The molecule has 1 aromatic rings. The number of nitrogens with zero attached hydrogens (tertiary/aromatic N) is 2. The molecule has 1 saturated carbocycles. The van der Waals surface area contributed by atoms with E-state index in [1.165, 1.54) is 7.11 Å². The summed E-state index contributed by atoms with van der Waals surface area (Å²) in [5.74, 6) is -0.0946. The molecule has 1 aliphatic rings. The number of aromatic nitrogens is 2. The zero-order chi connectivity index (χ0) is 12.6. The second-order valence-electron chi connectivity index (χ2n) is 4.85. The maximum atomic E-state index is 11.9. The Morgan fingerprint density at radius 2 is 2.29 bits per heavy atom. The highest BCUT2D eigenvalue weighted by molar-refractivity contribution is 5.81. The van der Waals surface area contributed by atoms with Crippen molar-refractivity contribution in [3.05, 3.63) is 17.7 Å². The number of carbonyl (C=O) groups is 1. The predicted octanol–water partition coefficient (Wildman–Crippen LogP) is 0.780. The summed E-state index contributed by atoms with van der Waals surface area (Å²) in [4.78, 5) is 16.1. The lowest BCUT2D eigenvalue weighted by atomic mass is 9.94. The summed E-state index contributed by atoms with van der Waals surface area (Å²) in [6, 6.07) is 0. The molecule has 1 aliphatic carbocycles. The molecule has 5 nitrogen and oxygen atoms in total. The molecule has 17 heavy (non-hydrogen) atoms. The number of carbonyl (C=O) groups excluding carboxylic acids is 1. The second-order valence-corrected chi connectivity index (χ2v) is 4.85. The first-order valence-electron chi connectivity index (χ1n) is 5.84. The van der Waals surface area contributed by atoms with Crippen LogP contribution in [0.5, 0.6) is 0 Å². The Hall–Kier alpha value is -1.36. The van der Waals surface area contributed by atoms with Crippen molar-refractivity contribution in [3.8, 4) is 0 Å². The molecule has 0 amide bonds. The molecule has 0 saturated heterocycles. The summed E-state index contributed by atoms with van der Waals surface area (Å²) in [5, 5.41) is 0. The number of rotatable bonds is 4. The molecule has 1 aromatic heterocycles. The molecular formula is C12H19N3O2. The average molecular weight is 237 g/mol. The fourth-order valence-corrected chi connectivity index (χ4v) is 2.13. The molecule has 1 unspecified atom stereocenters. The van der Waals surface area contributed by atoms with Crippen LogP contribution in [0.3, 0.4) is 0 Å². The first-order chi connectivity index (χ1) is 7.99. The molecule has 94 valence electrons. The minimum atomic E-state index is -0.910. The minimum absolute atomic E-state index is 0.233. The summed E-state index contributed by atoms with van der Waals surface area (Å²) in [7, 11) is 1.39. The van der Waals surface area contributed by atoms with Crippen LogP contribution in [-0.2, 0) is 16.1 Å². The molecule has 5 heteroatoms. The van der Waals surface area contributed by atoms with Gasteiger partial charge in [-0.3, -0.25) is 0 Å². The first-order valence-corrected chi connectivity index (χ1v) is 5.84. The summed E-state index contributed by atoms with van der Waals surface area (Å²) in [6.45, 7) is 4.36. The van der Waals surface area contributed by atoms with Gasteiger partial charge < -0.3 is 15.0 Å². The van der Waals surface area contributed by atoms with Crippen LogP contribution in [0.1, 0.15) is 24.2 Å². The van der Waals surface area contributed by atoms with Gasteiger partial charge in [0.2, 0.25) is 0 Å². The van der Waals surface area contributed by atoms with Crippen LogP contribution in [0.25, 0.3) is 0 Å². The minimum Gasteiger partial charge on any atom is -0.468 e. The monoisotopic (exact) mass is 237 g/mol. The van der Waals surface area contributed by atoms with E-state index < -0.39 is 5.54 Å². The van der Waals surface area contributed by atoms with Gasteiger partial charge in [-0.15, -0.1) is 0 Å². The van der Waals surface area contributed by atoms with Gasteiger partial charge in [0.05, 0.1) is 25.7 Å². The van der Waals surface area contributed by atoms with Crippen molar-refractivity contribution in [1.82, 2.24) is 9.55 Å². The van der Waals surface area contributed by atoms with Crippen LogP contribution in [0.4, 0.5) is 0 Å². The van der Waals surface area contributed by atoms with E-state index in [9.17, 15) is 4.79 Å². The van der Waals surface area contributed by atoms with E-state index in [2.05, 4.69) is 4.98 Å². The molecule has 0 aliphatic heterocycles. The third-order valence-electron chi connectivity index (χ3n) is 3.65. The normalized spacial score (nSPS) is 18.8. The number of methoxy groups -OCH3 is 1. The average Bonchev–Trinajstić information content (AvgIpc) is 3.12. The van der Waals surface area contributed by atoms with Crippen molar-refractivity contribution in [3.63, 3.8) is 0 Å². The molecule has 0 aromatic carbocycles. The quantitative estimate of drug-likeness (QED) is 0.786. The van der Waals surface area contributed by atoms with Crippen LogP contribution in [0.15, 0.2) is 6.33 Å². The van der Waals surface area contributed by atoms with Crippen molar-refractivity contribution >= 4 is 5.97 Å². The highest BCUT2D eigenvalue weighted by Crippen LogP contribution is 2.40. The van der Waals surface area contributed by atoms with Crippen molar-refractivity contribution in [2.24, 2.45) is 11.7 Å². The fraction of sp³-hybridized carbons (Fsp3) is 0.667. The van der Waals surface area contributed by atoms with E-state index in [0.29, 0.717) is 6.54 Å². The largest absolute Gasteiger partial charge is 0.468 e. The maximum Gasteiger partial charge on any atom is 0.327 e. The topological polar surface area (TPSA) is 70.1 Å². The van der Waals surface area contributed by atoms with Crippen molar-refractivity contribution < 1.29 is 9.53 Å². The SMILES string of the molecule is COC(=O)C(N)(Cn1cnc(C)c1C)C1CC1. The Balaban J connectivity index is 2.24. The number of ether oxygens (including phenoxy) is 1. The second kappa shape index (κ2) is 4.14. The zero-order valence-electron chi connectivity index (χ0n) is 10.6. The van der Waals surface area contributed by atoms with E-state index in [4.69, 9.17) is 10.5 Å². The summed E-state index contributed by atoms with van der Waals surface area (Å²) >= 11 is 0. The van der Waals surface area contributed by atoms with E-state index in [-0.39, 0.29) is 11.9 Å². The van der Waals surface area contributed by atoms with Gasteiger partial charge in [-0.2, -0.15) is 0 Å². The number of imidazole rings is 1. The van der Waals surface area contributed by atoms with Crippen LogP contribution < -0.4 is 5.73 Å². The van der Waals surface area contributed by atoms with Gasteiger partial charge >= 0.3 is 5.97 Å². The lowest BCUT2D eigenvalue weighted by Gasteiger charge is -2.27. The number of hydrogen-bond donors (Lipinski definition) is 1. The Morgan fingerprint density at radius 1 is 1.65 bits per heavy atom. The van der Waals surface area contributed by atoms with Gasteiger partial charge in [0.1, 0.15) is 5.54 Å². The third-order valence-corrected chi connectivity index (χ3v) is 3.65. The summed E-state index contributed by atoms with van der Waals surface area (Å²) in [5.41, 5.74) is 7.35. The van der Waals surface area contributed by atoms with Crippen LogP contribution in [0.2, 0.25) is 0 Å². The lowest BCUT2D eigenvalue weighted by Crippen LogP contribution is -2.54. The van der Waals surface area contributed by atoms with Crippen LogP contribution >= 0.6 is 0 Å². The Morgan fingerprint density at radius 3 is 2.71 bits per heavy atom. The van der Waals surface area contributed by atoms with Crippen LogP contribution in [-0.4, -0.2) is 28.2 Å².